The lowest BCUT2D eigenvalue weighted by molar-refractivity contribution is 0.415. The van der Waals surface area contributed by atoms with Crippen LogP contribution in [-0.2, 0) is 13.1 Å². The van der Waals surface area contributed by atoms with Crippen LogP contribution in [-0.4, -0.2) is 16.5 Å². The van der Waals surface area contributed by atoms with Crippen LogP contribution in [0, 0.1) is 6.92 Å². The Hall–Kier alpha value is -3.60. The third-order valence-electron chi connectivity index (χ3n) is 4.95. The zero-order valence-electron chi connectivity index (χ0n) is 16.6. The van der Waals surface area contributed by atoms with E-state index in [4.69, 9.17) is 9.72 Å². The molecule has 29 heavy (non-hydrogen) atoms. The molecule has 0 spiro atoms. The van der Waals surface area contributed by atoms with Crippen molar-refractivity contribution in [3.8, 4) is 5.75 Å². The summed E-state index contributed by atoms with van der Waals surface area (Å²) in [7, 11) is 1.66. The van der Waals surface area contributed by atoms with Crippen LogP contribution < -0.4 is 15.2 Å². The molecule has 0 bridgehead atoms. The van der Waals surface area contributed by atoms with Gasteiger partial charge in [-0.25, -0.2) is 4.98 Å². The fourth-order valence-corrected chi connectivity index (χ4v) is 3.42. The van der Waals surface area contributed by atoms with E-state index in [1.54, 1.807) is 23.8 Å². The minimum Gasteiger partial charge on any atom is -0.497 e. The molecule has 0 aliphatic carbocycles. The molecule has 5 heteroatoms. The second-order valence-electron chi connectivity index (χ2n) is 7.01. The van der Waals surface area contributed by atoms with E-state index in [0.29, 0.717) is 18.7 Å². The van der Waals surface area contributed by atoms with Gasteiger partial charge in [0.2, 0.25) is 0 Å². The normalized spacial score (nSPS) is 10.8. The number of anilines is 1. The highest BCUT2D eigenvalue weighted by Crippen LogP contribution is 2.23. The Morgan fingerprint density at radius 2 is 1.72 bits per heavy atom. The molecule has 0 aliphatic heterocycles. The van der Waals surface area contributed by atoms with E-state index in [-0.39, 0.29) is 5.56 Å². The van der Waals surface area contributed by atoms with Gasteiger partial charge >= 0.3 is 0 Å². The maximum atomic E-state index is 12.6. The van der Waals surface area contributed by atoms with Gasteiger partial charge in [0.15, 0.2) is 0 Å². The van der Waals surface area contributed by atoms with Gasteiger partial charge in [0.1, 0.15) is 11.4 Å². The van der Waals surface area contributed by atoms with Crippen LogP contribution in [0.5, 0.6) is 5.75 Å². The minimum atomic E-state index is -0.0666. The second-order valence-corrected chi connectivity index (χ2v) is 7.01. The molecule has 0 N–H and O–H groups in total. The van der Waals surface area contributed by atoms with Crippen molar-refractivity contribution in [2.75, 3.05) is 12.0 Å². The SMILES string of the molecule is COc1ccc(N(Cc2ccccc2)Cc2cc(=O)n3cccc(C)c3n2)cc1. The molecular weight excluding hydrogens is 362 g/mol. The predicted molar refractivity (Wildman–Crippen MR) is 116 cm³/mol. The average Bonchev–Trinajstić information content (AvgIpc) is 2.75. The molecule has 0 amide bonds. The van der Waals surface area contributed by atoms with Crippen LogP contribution in [0.2, 0.25) is 0 Å². The predicted octanol–water partition coefficient (Wildman–Crippen LogP) is 4.22. The van der Waals surface area contributed by atoms with Crippen molar-refractivity contribution in [3.05, 3.63) is 106 Å². The quantitative estimate of drug-likeness (QED) is 0.499. The third kappa shape index (κ3) is 4.14. The second kappa shape index (κ2) is 8.19. The van der Waals surface area contributed by atoms with E-state index < -0.39 is 0 Å². The van der Waals surface area contributed by atoms with Gasteiger partial charge in [0.05, 0.1) is 19.3 Å². The number of aryl methyl sites for hydroxylation is 1. The molecule has 0 saturated carbocycles. The molecule has 2 aromatic carbocycles. The van der Waals surface area contributed by atoms with Gasteiger partial charge in [-0.2, -0.15) is 0 Å². The van der Waals surface area contributed by atoms with Crippen LogP contribution in [0.4, 0.5) is 5.69 Å². The molecular formula is C24H23N3O2. The highest BCUT2D eigenvalue weighted by Gasteiger charge is 2.12. The van der Waals surface area contributed by atoms with E-state index in [2.05, 4.69) is 17.0 Å². The molecule has 2 aromatic heterocycles. The molecule has 0 fully saturated rings. The Morgan fingerprint density at radius 3 is 2.45 bits per heavy atom. The summed E-state index contributed by atoms with van der Waals surface area (Å²) >= 11 is 0. The zero-order valence-corrected chi connectivity index (χ0v) is 16.6. The van der Waals surface area contributed by atoms with Crippen molar-refractivity contribution in [1.29, 1.82) is 0 Å². The number of methoxy groups -OCH3 is 1. The number of fused-ring (bicyclic) bond motifs is 1. The minimum absolute atomic E-state index is 0.0666. The summed E-state index contributed by atoms with van der Waals surface area (Å²) in [5.41, 5.74) is 4.59. The van der Waals surface area contributed by atoms with E-state index >= 15 is 0 Å². The molecule has 0 atom stereocenters. The number of rotatable bonds is 6. The van der Waals surface area contributed by atoms with Crippen molar-refractivity contribution in [2.45, 2.75) is 20.0 Å². The van der Waals surface area contributed by atoms with Gasteiger partial charge in [-0.3, -0.25) is 9.20 Å². The number of aromatic nitrogens is 2. The van der Waals surface area contributed by atoms with Crippen molar-refractivity contribution >= 4 is 11.3 Å². The highest BCUT2D eigenvalue weighted by atomic mass is 16.5. The number of benzene rings is 2. The van der Waals surface area contributed by atoms with Gasteiger partial charge in [0, 0.05) is 24.5 Å². The number of hydrogen-bond acceptors (Lipinski definition) is 4. The molecule has 0 unspecified atom stereocenters. The van der Waals surface area contributed by atoms with Crippen molar-refractivity contribution in [3.63, 3.8) is 0 Å². The fourth-order valence-electron chi connectivity index (χ4n) is 3.42. The van der Waals surface area contributed by atoms with Crippen LogP contribution in [0.1, 0.15) is 16.8 Å². The van der Waals surface area contributed by atoms with Gasteiger partial charge < -0.3 is 9.64 Å². The molecule has 4 aromatic rings. The number of nitrogens with zero attached hydrogens (tertiary/aromatic N) is 3. The molecule has 146 valence electrons. The van der Waals surface area contributed by atoms with Crippen molar-refractivity contribution in [1.82, 2.24) is 9.38 Å². The standard InChI is InChI=1S/C24H23N3O2/c1-18-7-6-14-27-23(28)15-20(25-24(18)27)17-26(16-19-8-4-3-5-9-19)21-10-12-22(29-2)13-11-21/h3-15H,16-17H2,1-2H3. The first-order valence-corrected chi connectivity index (χ1v) is 9.55. The van der Waals surface area contributed by atoms with Crippen LogP contribution >= 0.6 is 0 Å². The summed E-state index contributed by atoms with van der Waals surface area (Å²) in [6.45, 7) is 3.21. The lowest BCUT2D eigenvalue weighted by Crippen LogP contribution is -2.25. The van der Waals surface area contributed by atoms with Crippen LogP contribution in [0.15, 0.2) is 83.8 Å². The molecule has 4 rings (SSSR count). The number of ether oxygens (including phenoxy) is 1. The van der Waals surface area contributed by atoms with Crippen molar-refractivity contribution < 1.29 is 4.74 Å². The summed E-state index contributed by atoms with van der Waals surface area (Å²) < 4.78 is 6.88. The first-order chi connectivity index (χ1) is 14.1. The largest absolute Gasteiger partial charge is 0.497 e. The number of hydrogen-bond donors (Lipinski definition) is 0. The summed E-state index contributed by atoms with van der Waals surface area (Å²) in [5.74, 6) is 0.811. The lowest BCUT2D eigenvalue weighted by Gasteiger charge is -2.25. The fraction of sp³-hybridized carbons (Fsp3) is 0.167. The Kier molecular flexibility index (Phi) is 5.29. The van der Waals surface area contributed by atoms with Gasteiger partial charge in [-0.1, -0.05) is 36.4 Å². The molecule has 2 heterocycles. The van der Waals surface area contributed by atoms with E-state index in [0.717, 1.165) is 22.7 Å². The monoisotopic (exact) mass is 385 g/mol. The Bertz CT molecular complexity index is 1170. The smallest absolute Gasteiger partial charge is 0.258 e. The summed E-state index contributed by atoms with van der Waals surface area (Å²) in [4.78, 5) is 19.6. The average molecular weight is 385 g/mol. The van der Waals surface area contributed by atoms with Crippen LogP contribution in [0.25, 0.3) is 5.65 Å². The van der Waals surface area contributed by atoms with Crippen LogP contribution in [0.3, 0.4) is 0 Å². The van der Waals surface area contributed by atoms with Crippen molar-refractivity contribution in [2.24, 2.45) is 0 Å². The first kappa shape index (κ1) is 18.7. The summed E-state index contributed by atoms with van der Waals surface area (Å²) in [6.07, 6.45) is 1.76. The van der Waals surface area contributed by atoms with Gasteiger partial charge in [-0.15, -0.1) is 0 Å². The van der Waals surface area contributed by atoms with E-state index in [9.17, 15) is 4.79 Å². The summed E-state index contributed by atoms with van der Waals surface area (Å²) in [6, 6.07) is 23.7. The Morgan fingerprint density at radius 1 is 0.966 bits per heavy atom. The van der Waals surface area contributed by atoms with Gasteiger partial charge in [0.25, 0.3) is 5.56 Å². The van der Waals surface area contributed by atoms with E-state index in [1.165, 1.54) is 5.56 Å². The maximum Gasteiger partial charge on any atom is 0.258 e. The van der Waals surface area contributed by atoms with Gasteiger partial charge in [-0.05, 0) is 48.4 Å². The highest BCUT2D eigenvalue weighted by molar-refractivity contribution is 5.51. The molecule has 5 nitrogen and oxygen atoms in total. The topological polar surface area (TPSA) is 46.8 Å². The zero-order chi connectivity index (χ0) is 20.2. The molecule has 0 aliphatic rings. The van der Waals surface area contributed by atoms with E-state index in [1.807, 2.05) is 61.5 Å². The Labute approximate surface area is 169 Å². The first-order valence-electron chi connectivity index (χ1n) is 9.55. The molecule has 0 radical (unpaired) electrons. The maximum absolute atomic E-state index is 12.6. The molecule has 0 saturated heterocycles. The number of pyridine rings is 1. The summed E-state index contributed by atoms with van der Waals surface area (Å²) in [5, 5.41) is 0. The lowest BCUT2D eigenvalue weighted by atomic mass is 10.2. The Balaban J connectivity index is 1.72. The third-order valence-corrected chi connectivity index (χ3v) is 4.95.